The standard InChI is InChI=1S/C13H23N3O9P2/c1-9(14)12(18)15-6-11(17)8-16-4-2-3-10(7-16)5-13(19,26(20,21)22)27(23,24)25/h2-4,7,9,11,17,19H,5-6,8,14H2,1H3,(H4-,15,18,20,21,22,23,24,25)/p+1. The van der Waals surface area contributed by atoms with Gasteiger partial charge in [-0.2, -0.15) is 0 Å². The number of aliphatic hydroxyl groups is 2. The zero-order chi connectivity index (χ0) is 21.0. The molecule has 27 heavy (non-hydrogen) atoms. The van der Waals surface area contributed by atoms with Crippen molar-refractivity contribution in [1.29, 1.82) is 0 Å². The predicted molar refractivity (Wildman–Crippen MR) is 92.0 cm³/mol. The van der Waals surface area contributed by atoms with E-state index in [0.717, 1.165) is 0 Å². The van der Waals surface area contributed by atoms with Gasteiger partial charge in [0.2, 0.25) is 5.91 Å². The van der Waals surface area contributed by atoms with Crippen molar-refractivity contribution in [3.63, 3.8) is 0 Å². The summed E-state index contributed by atoms with van der Waals surface area (Å²) in [5.74, 6) is -0.457. The highest BCUT2D eigenvalue weighted by atomic mass is 31.2. The Morgan fingerprint density at radius 2 is 1.85 bits per heavy atom. The Labute approximate surface area is 155 Å². The van der Waals surface area contributed by atoms with E-state index in [1.54, 1.807) is 0 Å². The number of nitrogens with zero attached hydrogens (tertiary/aromatic N) is 1. The van der Waals surface area contributed by atoms with Gasteiger partial charge < -0.3 is 40.8 Å². The molecule has 0 aliphatic rings. The van der Waals surface area contributed by atoms with Gasteiger partial charge in [-0.1, -0.05) is 0 Å². The fourth-order valence-corrected chi connectivity index (χ4v) is 4.27. The molecule has 0 aliphatic heterocycles. The van der Waals surface area contributed by atoms with E-state index in [1.807, 2.05) is 0 Å². The lowest BCUT2D eigenvalue weighted by Crippen LogP contribution is -2.47. The first kappa shape index (κ1) is 23.8. The zero-order valence-electron chi connectivity index (χ0n) is 14.4. The molecule has 0 fully saturated rings. The number of aliphatic hydroxyl groups excluding tert-OH is 1. The molecule has 154 valence electrons. The summed E-state index contributed by atoms with van der Waals surface area (Å²) in [6.45, 7) is 1.33. The minimum Gasteiger partial charge on any atom is -0.385 e. The molecule has 1 heterocycles. The first-order chi connectivity index (χ1) is 12.2. The second-order valence-corrected chi connectivity index (χ2v) is 10.1. The lowest BCUT2D eigenvalue weighted by atomic mass is 10.2. The molecule has 1 aromatic heterocycles. The quantitative estimate of drug-likeness (QED) is 0.151. The maximum absolute atomic E-state index is 11.4. The third-order valence-corrected chi connectivity index (χ3v) is 7.39. The van der Waals surface area contributed by atoms with E-state index >= 15 is 0 Å². The van der Waals surface area contributed by atoms with Gasteiger partial charge in [0.1, 0.15) is 6.10 Å². The monoisotopic (exact) mass is 428 g/mol. The molecule has 0 spiro atoms. The highest BCUT2D eigenvalue weighted by molar-refractivity contribution is 7.72. The number of amides is 1. The van der Waals surface area contributed by atoms with Crippen molar-refractivity contribution in [3.8, 4) is 0 Å². The molecule has 14 heteroatoms. The molecular formula is C13H24N3O9P2+. The summed E-state index contributed by atoms with van der Waals surface area (Å²) in [6.07, 6.45) is 0.691. The van der Waals surface area contributed by atoms with Crippen LogP contribution in [0.1, 0.15) is 12.5 Å². The smallest absolute Gasteiger partial charge is 0.369 e. The number of nitrogens with two attached hydrogens (primary N) is 1. The van der Waals surface area contributed by atoms with E-state index in [4.69, 9.17) is 5.73 Å². The number of pyridine rings is 1. The number of rotatable bonds is 9. The second kappa shape index (κ2) is 8.87. The van der Waals surface area contributed by atoms with Crippen LogP contribution in [-0.2, 0) is 26.9 Å². The summed E-state index contributed by atoms with van der Waals surface area (Å²) in [5, 5.41) is 18.8. The number of hydrogen-bond acceptors (Lipinski definition) is 6. The van der Waals surface area contributed by atoms with E-state index in [1.165, 1.54) is 36.0 Å². The van der Waals surface area contributed by atoms with Gasteiger partial charge in [-0.25, -0.2) is 4.57 Å². The minimum atomic E-state index is -5.57. The van der Waals surface area contributed by atoms with E-state index in [9.17, 15) is 43.7 Å². The highest BCUT2D eigenvalue weighted by Crippen LogP contribution is 2.68. The van der Waals surface area contributed by atoms with E-state index in [2.05, 4.69) is 5.32 Å². The van der Waals surface area contributed by atoms with Crippen molar-refractivity contribution in [3.05, 3.63) is 30.1 Å². The molecule has 2 unspecified atom stereocenters. The van der Waals surface area contributed by atoms with Gasteiger partial charge in [-0.3, -0.25) is 13.9 Å². The molecule has 0 saturated carbocycles. The fraction of sp³-hybridized carbons (Fsp3) is 0.538. The van der Waals surface area contributed by atoms with Crippen LogP contribution in [0.4, 0.5) is 0 Å². The molecule has 0 bridgehead atoms. The Kier molecular flexibility index (Phi) is 7.83. The summed E-state index contributed by atoms with van der Waals surface area (Å²) in [7, 11) is -11.1. The molecule has 1 aromatic rings. The van der Waals surface area contributed by atoms with Gasteiger partial charge in [-0.15, -0.1) is 0 Å². The SMILES string of the molecule is CC(N)C(=O)NCC(O)C[n+]1cccc(CC(O)(P(=O)(O)O)P(=O)(O)O)c1. The van der Waals surface area contributed by atoms with Gasteiger partial charge in [0.25, 0.3) is 5.08 Å². The van der Waals surface area contributed by atoms with Gasteiger partial charge in [0.15, 0.2) is 18.9 Å². The number of carbonyl (C=O) groups is 1. The molecule has 2 atom stereocenters. The lowest BCUT2D eigenvalue weighted by molar-refractivity contribution is -0.703. The molecule has 12 nitrogen and oxygen atoms in total. The Balaban J connectivity index is 2.91. The van der Waals surface area contributed by atoms with Crippen molar-refractivity contribution in [1.82, 2.24) is 5.32 Å². The molecule has 0 radical (unpaired) electrons. The molecular weight excluding hydrogens is 404 g/mol. The Hall–Kier alpha value is -1.20. The van der Waals surface area contributed by atoms with Crippen molar-refractivity contribution in [2.45, 2.75) is 37.1 Å². The average Bonchev–Trinajstić information content (AvgIpc) is 2.50. The summed E-state index contributed by atoms with van der Waals surface area (Å²) in [6, 6.07) is 1.96. The van der Waals surface area contributed by atoms with E-state index in [0.29, 0.717) is 0 Å². The van der Waals surface area contributed by atoms with Crippen LogP contribution in [0.15, 0.2) is 24.5 Å². The molecule has 0 aliphatic carbocycles. The summed E-state index contributed by atoms with van der Waals surface area (Å²) < 4.78 is 24.2. The molecule has 1 rings (SSSR count). The van der Waals surface area contributed by atoms with E-state index < -0.39 is 44.7 Å². The van der Waals surface area contributed by atoms with Crippen LogP contribution < -0.4 is 15.6 Å². The maximum Gasteiger partial charge on any atom is 0.369 e. The number of nitrogens with one attached hydrogen (secondary N) is 1. The van der Waals surface area contributed by atoms with Gasteiger partial charge >= 0.3 is 15.2 Å². The lowest BCUT2D eigenvalue weighted by Gasteiger charge is -2.28. The summed E-state index contributed by atoms with van der Waals surface area (Å²) in [4.78, 5) is 48.1. The first-order valence-corrected chi connectivity index (χ1v) is 10.9. The third kappa shape index (κ3) is 6.42. The molecule has 1 amide bonds. The van der Waals surface area contributed by atoms with Gasteiger partial charge in [0.05, 0.1) is 6.04 Å². The first-order valence-electron chi connectivity index (χ1n) is 7.70. The highest BCUT2D eigenvalue weighted by Gasteiger charge is 2.59. The van der Waals surface area contributed by atoms with Gasteiger partial charge in [0, 0.05) is 24.6 Å². The zero-order valence-corrected chi connectivity index (χ0v) is 16.2. The van der Waals surface area contributed by atoms with Crippen LogP contribution in [-0.4, -0.2) is 59.5 Å². The van der Waals surface area contributed by atoms with Crippen LogP contribution >= 0.6 is 15.2 Å². The fourth-order valence-electron chi connectivity index (χ4n) is 2.13. The van der Waals surface area contributed by atoms with Crippen LogP contribution in [0.5, 0.6) is 0 Å². The summed E-state index contributed by atoms with van der Waals surface area (Å²) >= 11 is 0. The maximum atomic E-state index is 11.4. The normalized spacial score (nSPS) is 15.3. The van der Waals surface area contributed by atoms with Crippen LogP contribution in [0.25, 0.3) is 0 Å². The van der Waals surface area contributed by atoms with Gasteiger partial charge in [-0.05, 0) is 13.0 Å². The predicted octanol–water partition coefficient (Wildman–Crippen LogP) is -2.66. The van der Waals surface area contributed by atoms with Crippen LogP contribution in [0.2, 0.25) is 0 Å². The minimum absolute atomic E-state index is 0.0125. The molecule has 9 N–H and O–H groups in total. The number of aromatic nitrogens is 1. The van der Waals surface area contributed by atoms with Crippen molar-refractivity contribution >= 4 is 21.1 Å². The van der Waals surface area contributed by atoms with Crippen molar-refractivity contribution in [2.24, 2.45) is 5.73 Å². The van der Waals surface area contributed by atoms with Crippen molar-refractivity contribution < 1.29 is 48.3 Å². The molecule has 0 saturated heterocycles. The Morgan fingerprint density at radius 1 is 1.30 bits per heavy atom. The topological polar surface area (TPSA) is 215 Å². The number of hydrogen-bond donors (Lipinski definition) is 8. The third-order valence-electron chi connectivity index (χ3n) is 3.64. The Morgan fingerprint density at radius 3 is 2.33 bits per heavy atom. The van der Waals surface area contributed by atoms with Crippen LogP contribution in [0, 0.1) is 0 Å². The molecule has 0 aromatic carbocycles. The Bertz CT molecular complexity index is 739. The summed E-state index contributed by atoms with van der Waals surface area (Å²) in [5.41, 5.74) is 5.39. The average molecular weight is 428 g/mol. The largest absolute Gasteiger partial charge is 0.385 e. The second-order valence-electron chi connectivity index (χ2n) is 6.14. The van der Waals surface area contributed by atoms with Crippen molar-refractivity contribution in [2.75, 3.05) is 6.54 Å². The van der Waals surface area contributed by atoms with Crippen LogP contribution in [0.3, 0.4) is 0 Å². The van der Waals surface area contributed by atoms with E-state index in [-0.39, 0.29) is 18.7 Å². The number of carbonyl (C=O) groups excluding carboxylic acids is 1.